The van der Waals surface area contributed by atoms with Crippen LogP contribution < -0.4 is 5.32 Å². The molecule has 1 N–H and O–H groups in total. The van der Waals surface area contributed by atoms with Crippen molar-refractivity contribution in [1.29, 1.82) is 0 Å². The van der Waals surface area contributed by atoms with Gasteiger partial charge in [0.15, 0.2) is 0 Å². The highest BCUT2D eigenvalue weighted by Gasteiger charge is 2.45. The summed E-state index contributed by atoms with van der Waals surface area (Å²) in [6.45, 7) is 2.27. The summed E-state index contributed by atoms with van der Waals surface area (Å²) in [7, 11) is 0. The summed E-state index contributed by atoms with van der Waals surface area (Å²) < 4.78 is 2.75. The van der Waals surface area contributed by atoms with Gasteiger partial charge < -0.3 is 9.88 Å². The molecule has 4 heteroatoms. The van der Waals surface area contributed by atoms with E-state index in [2.05, 4.69) is 39.0 Å². The number of hydrogen-bond acceptors (Lipinski definition) is 3. The van der Waals surface area contributed by atoms with Gasteiger partial charge in [-0.2, -0.15) is 0 Å². The predicted molar refractivity (Wildman–Crippen MR) is 139 cm³/mol. The van der Waals surface area contributed by atoms with E-state index in [0.29, 0.717) is 12.0 Å². The predicted octanol–water partition coefficient (Wildman–Crippen LogP) is 6.42. The van der Waals surface area contributed by atoms with Gasteiger partial charge in [0.1, 0.15) is 5.82 Å². The average Bonchev–Trinajstić information content (AvgIpc) is 3.17. The fourth-order valence-corrected chi connectivity index (χ4v) is 9.11. The van der Waals surface area contributed by atoms with E-state index in [0.717, 1.165) is 36.5 Å². The Balaban J connectivity index is 1.19. The van der Waals surface area contributed by atoms with Crippen molar-refractivity contribution in [2.75, 3.05) is 13.1 Å². The monoisotopic (exact) mass is 460 g/mol. The summed E-state index contributed by atoms with van der Waals surface area (Å²) in [4.78, 5) is 8.39. The Morgan fingerprint density at radius 2 is 1.47 bits per heavy atom. The maximum Gasteiger partial charge on any atom is 0.114 e. The van der Waals surface area contributed by atoms with Crippen molar-refractivity contribution in [3.8, 4) is 0 Å². The molecule has 0 radical (unpaired) electrons. The quantitative estimate of drug-likeness (QED) is 0.574. The third-order valence-electron chi connectivity index (χ3n) is 10.4. The topological polar surface area (TPSA) is 33.1 Å². The van der Waals surface area contributed by atoms with Gasteiger partial charge in [0.25, 0.3) is 0 Å². The Hall–Kier alpha value is -1.39. The molecule has 5 aliphatic rings. The van der Waals surface area contributed by atoms with Crippen molar-refractivity contribution in [3.63, 3.8) is 0 Å². The highest BCUT2D eigenvalue weighted by atomic mass is 15.3. The number of piperidine rings is 3. The lowest BCUT2D eigenvalue weighted by Crippen LogP contribution is -2.58. The average molecular weight is 461 g/mol. The second-order valence-electron chi connectivity index (χ2n) is 12.6. The number of nitrogens with one attached hydrogen (secondary N) is 1. The van der Waals surface area contributed by atoms with Crippen molar-refractivity contribution in [2.24, 2.45) is 11.8 Å². The van der Waals surface area contributed by atoms with Crippen molar-refractivity contribution in [1.82, 2.24) is 19.8 Å². The van der Waals surface area contributed by atoms with Gasteiger partial charge in [-0.1, -0.05) is 44.2 Å². The maximum atomic E-state index is 5.27. The molecule has 2 aliphatic carbocycles. The van der Waals surface area contributed by atoms with Crippen LogP contribution in [-0.4, -0.2) is 45.7 Å². The van der Waals surface area contributed by atoms with Crippen LogP contribution >= 0.6 is 0 Å². The number of rotatable bonds is 3. The number of fused-ring (bicyclic) bond motifs is 5. The van der Waals surface area contributed by atoms with E-state index in [1.54, 1.807) is 6.42 Å². The second kappa shape index (κ2) is 9.24. The van der Waals surface area contributed by atoms with E-state index in [4.69, 9.17) is 4.98 Å². The second-order valence-corrected chi connectivity index (χ2v) is 12.6. The van der Waals surface area contributed by atoms with Gasteiger partial charge in [-0.05, 0) is 88.3 Å². The highest BCUT2D eigenvalue weighted by Crippen LogP contribution is 2.47. The van der Waals surface area contributed by atoms with Crippen molar-refractivity contribution in [3.05, 3.63) is 30.1 Å². The molecule has 4 bridgehead atoms. The molecule has 3 saturated heterocycles. The van der Waals surface area contributed by atoms with Crippen molar-refractivity contribution < 1.29 is 0 Å². The van der Waals surface area contributed by atoms with Crippen LogP contribution in [-0.2, 0) is 0 Å². The molecule has 184 valence electrons. The standard InChI is InChI=1S/C30H44N4/c1-2-8-22-15-21(7-1)16-26(17-22)33-24-10-5-11-25(33)19-27(18-24)34-29-13-4-3-12-28(29)32-30(34)23-9-6-14-31-20-23/h3-4,12-13,21-27,31H,1-2,5-11,14-20H2/t21-,22+,23-,24-,25+,26?,27?/m0/s1. The van der Waals surface area contributed by atoms with Crippen LogP contribution in [0.3, 0.4) is 0 Å². The van der Waals surface area contributed by atoms with Gasteiger partial charge in [0, 0.05) is 36.6 Å². The van der Waals surface area contributed by atoms with E-state index in [-0.39, 0.29) is 0 Å². The largest absolute Gasteiger partial charge is 0.324 e. The summed E-state index contributed by atoms with van der Waals surface area (Å²) >= 11 is 0. The first-order valence-electron chi connectivity index (χ1n) is 14.8. The zero-order chi connectivity index (χ0) is 22.5. The van der Waals surface area contributed by atoms with Crippen LogP contribution in [0.25, 0.3) is 11.0 Å². The molecule has 2 unspecified atom stereocenters. The van der Waals surface area contributed by atoms with Crippen LogP contribution in [0.5, 0.6) is 0 Å². The minimum atomic E-state index is 0.570. The number of hydrogen-bond donors (Lipinski definition) is 1. The number of benzene rings is 1. The van der Waals surface area contributed by atoms with Gasteiger partial charge >= 0.3 is 0 Å². The van der Waals surface area contributed by atoms with Gasteiger partial charge in [-0.15, -0.1) is 0 Å². The molecule has 3 aliphatic heterocycles. The molecular formula is C30H44N4. The van der Waals surface area contributed by atoms with E-state index < -0.39 is 0 Å². The first-order valence-corrected chi connectivity index (χ1v) is 14.8. The molecule has 0 spiro atoms. The van der Waals surface area contributed by atoms with Crippen molar-refractivity contribution >= 4 is 11.0 Å². The lowest BCUT2D eigenvalue weighted by Gasteiger charge is -2.55. The molecule has 2 aromatic rings. The number of imidazole rings is 1. The minimum absolute atomic E-state index is 0.570. The minimum Gasteiger partial charge on any atom is -0.324 e. The number of para-hydroxylation sites is 2. The number of aromatic nitrogens is 2. The van der Waals surface area contributed by atoms with Crippen LogP contribution in [0, 0.1) is 11.8 Å². The van der Waals surface area contributed by atoms with E-state index >= 15 is 0 Å². The highest BCUT2D eigenvalue weighted by molar-refractivity contribution is 5.76. The van der Waals surface area contributed by atoms with E-state index in [1.165, 1.54) is 107 Å². The Labute approximate surface area is 205 Å². The summed E-state index contributed by atoms with van der Waals surface area (Å²) in [6.07, 6.45) is 20.1. The molecule has 7 atom stereocenters. The first kappa shape index (κ1) is 21.9. The summed E-state index contributed by atoms with van der Waals surface area (Å²) in [5.41, 5.74) is 2.61. The fraction of sp³-hybridized carbons (Fsp3) is 0.767. The van der Waals surface area contributed by atoms with E-state index in [9.17, 15) is 0 Å². The Bertz CT molecular complexity index is 963. The zero-order valence-electron chi connectivity index (χ0n) is 21.0. The van der Waals surface area contributed by atoms with Crippen LogP contribution in [0.2, 0.25) is 0 Å². The molecule has 1 aromatic carbocycles. The van der Waals surface area contributed by atoms with Crippen molar-refractivity contribution in [2.45, 2.75) is 120 Å². The van der Waals surface area contributed by atoms with Crippen LogP contribution in [0.15, 0.2) is 24.3 Å². The normalized spacial score (nSPS) is 39.1. The maximum absolute atomic E-state index is 5.27. The van der Waals surface area contributed by atoms with Gasteiger partial charge in [0.2, 0.25) is 0 Å². The Kier molecular flexibility index (Phi) is 5.94. The van der Waals surface area contributed by atoms with Gasteiger partial charge in [-0.3, -0.25) is 4.90 Å². The Morgan fingerprint density at radius 1 is 0.706 bits per heavy atom. The molecule has 0 amide bonds. The molecular weight excluding hydrogens is 416 g/mol. The summed E-state index contributed by atoms with van der Waals surface area (Å²) in [6, 6.07) is 12.1. The van der Waals surface area contributed by atoms with Crippen LogP contribution in [0.4, 0.5) is 0 Å². The molecule has 5 fully saturated rings. The lowest BCUT2D eigenvalue weighted by atomic mass is 9.73. The van der Waals surface area contributed by atoms with Crippen LogP contribution in [0.1, 0.15) is 108 Å². The lowest BCUT2D eigenvalue weighted by molar-refractivity contribution is -0.0421. The zero-order valence-corrected chi connectivity index (χ0v) is 21.0. The summed E-state index contributed by atoms with van der Waals surface area (Å²) in [5, 5.41) is 3.66. The van der Waals surface area contributed by atoms with E-state index in [1.807, 2.05) is 0 Å². The molecule has 7 rings (SSSR count). The smallest absolute Gasteiger partial charge is 0.114 e. The first-order chi connectivity index (χ1) is 16.8. The Morgan fingerprint density at radius 3 is 2.21 bits per heavy atom. The fourth-order valence-electron chi connectivity index (χ4n) is 9.11. The summed E-state index contributed by atoms with van der Waals surface area (Å²) in [5.74, 6) is 3.99. The molecule has 4 nitrogen and oxygen atoms in total. The number of nitrogens with zero attached hydrogens (tertiary/aromatic N) is 3. The molecule has 34 heavy (non-hydrogen) atoms. The third-order valence-corrected chi connectivity index (χ3v) is 10.4. The molecule has 2 saturated carbocycles. The van der Waals surface area contributed by atoms with Gasteiger partial charge in [0.05, 0.1) is 11.0 Å². The third kappa shape index (κ3) is 3.93. The van der Waals surface area contributed by atoms with Gasteiger partial charge in [-0.25, -0.2) is 4.98 Å². The molecule has 4 heterocycles. The SMILES string of the molecule is c1ccc2c(c1)nc([C@H]1CCCNC1)n2C1C[C@H]2CCC[C@@H](C1)N2C1C[C@H]2CCCC[C@@H](C1)C2. The molecule has 1 aromatic heterocycles.